The molecule has 3 aromatic carbocycles. The molecule has 1 saturated heterocycles. The molecule has 1 N–H and O–H groups in total. The zero-order valence-electron chi connectivity index (χ0n) is 19.1. The summed E-state index contributed by atoms with van der Waals surface area (Å²) in [6.07, 6.45) is 1.76. The van der Waals surface area contributed by atoms with Gasteiger partial charge in [0, 0.05) is 23.1 Å². The molecule has 1 heterocycles. The summed E-state index contributed by atoms with van der Waals surface area (Å²) in [5.41, 5.74) is 7.60. The van der Waals surface area contributed by atoms with Crippen molar-refractivity contribution in [1.82, 2.24) is 5.43 Å². The van der Waals surface area contributed by atoms with Crippen LogP contribution >= 0.6 is 15.9 Å². The van der Waals surface area contributed by atoms with Crippen LogP contribution in [0.3, 0.4) is 0 Å². The number of benzene rings is 3. The van der Waals surface area contributed by atoms with E-state index in [1.807, 2.05) is 80.6 Å². The topological polar surface area (TPSA) is 71.0 Å². The molecular formula is C27H26BrN3O3. The minimum Gasteiger partial charge on any atom is -0.489 e. The molecule has 0 spiro atoms. The standard InChI is InChI=1S/C27H26BrN3O3/c1-18-3-10-24(13-19(18)2)31-16-22(14-26(31)32)27(33)30-29-15-20-6-11-25(12-7-20)34-17-21-4-8-23(28)9-5-21/h3-13,15,22H,14,16-17H2,1-2H3,(H,30,33)/b29-15-/t22-/m1/s1. The van der Waals surface area contributed by atoms with Crippen molar-refractivity contribution in [3.63, 3.8) is 0 Å². The van der Waals surface area contributed by atoms with Crippen LogP contribution in [0.2, 0.25) is 0 Å². The van der Waals surface area contributed by atoms with Gasteiger partial charge >= 0.3 is 0 Å². The molecule has 0 unspecified atom stereocenters. The predicted molar refractivity (Wildman–Crippen MR) is 137 cm³/mol. The zero-order valence-corrected chi connectivity index (χ0v) is 20.7. The first-order valence-electron chi connectivity index (χ1n) is 11.1. The second kappa shape index (κ2) is 10.7. The first kappa shape index (κ1) is 23.7. The molecule has 4 rings (SSSR count). The van der Waals surface area contributed by atoms with E-state index < -0.39 is 5.92 Å². The lowest BCUT2D eigenvalue weighted by Crippen LogP contribution is -2.30. The van der Waals surface area contributed by atoms with Gasteiger partial charge in [0.2, 0.25) is 11.8 Å². The Hall–Kier alpha value is -3.45. The Morgan fingerprint density at radius 1 is 1.09 bits per heavy atom. The molecule has 7 heteroatoms. The van der Waals surface area contributed by atoms with Crippen molar-refractivity contribution in [2.45, 2.75) is 26.9 Å². The molecule has 0 bridgehead atoms. The number of carbonyl (C=O) groups excluding carboxylic acids is 2. The van der Waals surface area contributed by atoms with E-state index in [0.29, 0.717) is 13.2 Å². The molecule has 0 aromatic heterocycles. The molecular weight excluding hydrogens is 494 g/mol. The van der Waals surface area contributed by atoms with Crippen molar-refractivity contribution >= 4 is 39.6 Å². The molecule has 0 saturated carbocycles. The maximum absolute atomic E-state index is 12.5. The summed E-state index contributed by atoms with van der Waals surface area (Å²) in [5, 5.41) is 4.07. The van der Waals surface area contributed by atoms with Gasteiger partial charge in [-0.3, -0.25) is 9.59 Å². The lowest BCUT2D eigenvalue weighted by molar-refractivity contribution is -0.126. The Kier molecular flexibility index (Phi) is 7.43. The van der Waals surface area contributed by atoms with Crippen molar-refractivity contribution < 1.29 is 14.3 Å². The van der Waals surface area contributed by atoms with Gasteiger partial charge in [-0.05, 0) is 84.6 Å². The molecule has 0 radical (unpaired) electrons. The number of aryl methyl sites for hydroxylation is 2. The minimum absolute atomic E-state index is 0.0499. The third-order valence-corrected chi connectivity index (χ3v) is 6.41. The minimum atomic E-state index is -0.430. The van der Waals surface area contributed by atoms with Crippen molar-refractivity contribution in [2.24, 2.45) is 11.0 Å². The number of amides is 2. The Labute approximate surface area is 207 Å². The number of ether oxygens (including phenoxy) is 1. The second-order valence-electron chi connectivity index (χ2n) is 8.39. The quantitative estimate of drug-likeness (QED) is 0.346. The molecule has 1 aliphatic heterocycles. The number of nitrogens with zero attached hydrogens (tertiary/aromatic N) is 2. The van der Waals surface area contributed by atoms with Crippen molar-refractivity contribution in [2.75, 3.05) is 11.4 Å². The average molecular weight is 520 g/mol. The molecule has 3 aromatic rings. The van der Waals surface area contributed by atoms with Gasteiger partial charge in [-0.2, -0.15) is 5.10 Å². The number of nitrogens with one attached hydrogen (secondary N) is 1. The van der Waals surface area contributed by atoms with Crippen molar-refractivity contribution in [1.29, 1.82) is 0 Å². The van der Waals surface area contributed by atoms with Crippen LogP contribution in [0, 0.1) is 19.8 Å². The van der Waals surface area contributed by atoms with Crippen LogP contribution in [0.5, 0.6) is 5.75 Å². The summed E-state index contributed by atoms with van der Waals surface area (Å²) in [4.78, 5) is 26.7. The predicted octanol–water partition coefficient (Wildman–Crippen LogP) is 5.15. The third-order valence-electron chi connectivity index (χ3n) is 5.89. The lowest BCUT2D eigenvalue weighted by atomic mass is 10.1. The summed E-state index contributed by atoms with van der Waals surface area (Å²) in [6, 6.07) is 21.3. The fourth-order valence-corrected chi connectivity index (χ4v) is 3.95. The summed E-state index contributed by atoms with van der Waals surface area (Å²) >= 11 is 3.42. The van der Waals surface area contributed by atoms with Crippen LogP contribution in [0.4, 0.5) is 5.69 Å². The van der Waals surface area contributed by atoms with Gasteiger partial charge in [0.15, 0.2) is 0 Å². The van der Waals surface area contributed by atoms with Gasteiger partial charge in [-0.25, -0.2) is 5.43 Å². The van der Waals surface area contributed by atoms with Crippen LogP contribution in [0.15, 0.2) is 76.3 Å². The molecule has 1 atom stereocenters. The number of hydrazone groups is 1. The molecule has 2 amide bonds. The fourth-order valence-electron chi connectivity index (χ4n) is 3.69. The smallest absolute Gasteiger partial charge is 0.245 e. The SMILES string of the molecule is Cc1ccc(N2C[C@H](C(=O)N/N=C\c3ccc(OCc4ccc(Br)cc4)cc3)CC2=O)cc1C. The van der Waals surface area contributed by atoms with Gasteiger partial charge in [0.05, 0.1) is 12.1 Å². The Morgan fingerprint density at radius 3 is 2.53 bits per heavy atom. The van der Waals surface area contributed by atoms with E-state index in [4.69, 9.17) is 4.74 Å². The molecule has 1 fully saturated rings. The van der Waals surface area contributed by atoms with Crippen LogP contribution < -0.4 is 15.1 Å². The molecule has 34 heavy (non-hydrogen) atoms. The van der Waals surface area contributed by atoms with Crippen molar-refractivity contribution in [3.8, 4) is 5.75 Å². The third kappa shape index (κ3) is 5.91. The summed E-state index contributed by atoms with van der Waals surface area (Å²) in [7, 11) is 0. The molecule has 1 aliphatic rings. The number of rotatable bonds is 7. The van der Waals surface area contributed by atoms with E-state index in [2.05, 4.69) is 26.5 Å². The van der Waals surface area contributed by atoms with E-state index in [1.165, 1.54) is 5.56 Å². The van der Waals surface area contributed by atoms with E-state index >= 15 is 0 Å². The largest absolute Gasteiger partial charge is 0.489 e. The number of hydrogen-bond donors (Lipinski definition) is 1. The highest BCUT2D eigenvalue weighted by atomic mass is 79.9. The summed E-state index contributed by atoms with van der Waals surface area (Å²) in [5.74, 6) is 0.0112. The maximum atomic E-state index is 12.5. The normalized spacial score (nSPS) is 15.7. The number of carbonyl (C=O) groups is 2. The van der Waals surface area contributed by atoms with E-state index in [1.54, 1.807) is 11.1 Å². The van der Waals surface area contributed by atoms with Crippen LogP contribution in [0.25, 0.3) is 0 Å². The van der Waals surface area contributed by atoms with Gasteiger partial charge in [-0.15, -0.1) is 0 Å². The molecule has 6 nitrogen and oxygen atoms in total. The molecule has 0 aliphatic carbocycles. The average Bonchev–Trinajstić information content (AvgIpc) is 3.23. The van der Waals surface area contributed by atoms with Gasteiger partial charge in [-0.1, -0.05) is 34.1 Å². The van der Waals surface area contributed by atoms with Gasteiger partial charge in [0.25, 0.3) is 0 Å². The van der Waals surface area contributed by atoms with Gasteiger partial charge in [0.1, 0.15) is 12.4 Å². The highest BCUT2D eigenvalue weighted by Gasteiger charge is 2.35. The highest BCUT2D eigenvalue weighted by molar-refractivity contribution is 9.10. The highest BCUT2D eigenvalue weighted by Crippen LogP contribution is 2.27. The van der Waals surface area contributed by atoms with Crippen LogP contribution in [0.1, 0.15) is 28.7 Å². The summed E-state index contributed by atoms with van der Waals surface area (Å²) < 4.78 is 6.83. The Bertz CT molecular complexity index is 1210. The second-order valence-corrected chi connectivity index (χ2v) is 9.31. The fraction of sp³-hybridized carbons (Fsp3) is 0.222. The monoisotopic (exact) mass is 519 g/mol. The number of anilines is 1. The number of hydrogen-bond acceptors (Lipinski definition) is 4. The summed E-state index contributed by atoms with van der Waals surface area (Å²) in [6.45, 7) is 4.88. The first-order valence-corrected chi connectivity index (χ1v) is 11.9. The van der Waals surface area contributed by atoms with E-state index in [9.17, 15) is 9.59 Å². The van der Waals surface area contributed by atoms with Crippen molar-refractivity contribution in [3.05, 3.63) is 93.5 Å². The maximum Gasteiger partial charge on any atom is 0.245 e. The molecule has 174 valence electrons. The first-order chi connectivity index (χ1) is 16.4. The van der Waals surface area contributed by atoms with E-state index in [-0.39, 0.29) is 18.2 Å². The zero-order chi connectivity index (χ0) is 24.1. The van der Waals surface area contributed by atoms with Crippen LogP contribution in [-0.4, -0.2) is 24.6 Å². The Morgan fingerprint density at radius 2 is 1.82 bits per heavy atom. The van der Waals surface area contributed by atoms with Crippen LogP contribution in [-0.2, 0) is 16.2 Å². The van der Waals surface area contributed by atoms with Gasteiger partial charge < -0.3 is 9.64 Å². The lowest BCUT2D eigenvalue weighted by Gasteiger charge is -2.17. The van der Waals surface area contributed by atoms with E-state index in [0.717, 1.165) is 32.6 Å². The number of halogens is 1. The Balaban J connectivity index is 1.27.